The second-order valence-electron chi connectivity index (χ2n) is 4.80. The van der Waals surface area contributed by atoms with Gasteiger partial charge >= 0.3 is 0 Å². The summed E-state index contributed by atoms with van der Waals surface area (Å²) >= 11 is 3.40. The zero-order chi connectivity index (χ0) is 13.1. The number of alkyl halides is 1. The molecule has 1 aliphatic heterocycles. The van der Waals surface area contributed by atoms with Crippen molar-refractivity contribution in [1.29, 1.82) is 0 Å². The summed E-state index contributed by atoms with van der Waals surface area (Å²) in [7, 11) is 0. The Morgan fingerprint density at radius 3 is 2.33 bits per heavy atom. The summed E-state index contributed by atoms with van der Waals surface area (Å²) in [5.74, 6) is 0.0955. The van der Waals surface area contributed by atoms with Gasteiger partial charge in [0.2, 0.25) is 0 Å². The van der Waals surface area contributed by atoms with Crippen molar-refractivity contribution in [1.82, 2.24) is 4.90 Å². The minimum atomic E-state index is 0.0955. The first-order valence-electron chi connectivity index (χ1n) is 6.19. The zero-order valence-electron chi connectivity index (χ0n) is 10.7. The number of carbonyl (C=O) groups is 1. The van der Waals surface area contributed by atoms with Crippen molar-refractivity contribution in [2.45, 2.75) is 31.4 Å². The zero-order valence-corrected chi connectivity index (χ0v) is 12.3. The van der Waals surface area contributed by atoms with Crippen LogP contribution in [0.2, 0.25) is 0 Å². The SMILES string of the molecule is C[C@@H]1CN(C(=O)c2ccc(CBr)cc2)C[C@H](C)O1. The van der Waals surface area contributed by atoms with Gasteiger partial charge in [-0.25, -0.2) is 0 Å². The van der Waals surface area contributed by atoms with E-state index in [1.807, 2.05) is 43.0 Å². The molecule has 98 valence electrons. The third kappa shape index (κ3) is 3.12. The molecule has 3 nitrogen and oxygen atoms in total. The quantitative estimate of drug-likeness (QED) is 0.786. The number of carbonyl (C=O) groups excluding carboxylic acids is 1. The molecule has 0 bridgehead atoms. The van der Waals surface area contributed by atoms with Crippen LogP contribution in [0, 0.1) is 0 Å². The van der Waals surface area contributed by atoms with E-state index >= 15 is 0 Å². The van der Waals surface area contributed by atoms with Gasteiger partial charge in [0.1, 0.15) is 0 Å². The number of benzene rings is 1. The number of hydrogen-bond acceptors (Lipinski definition) is 2. The highest BCUT2D eigenvalue weighted by Crippen LogP contribution is 2.15. The van der Waals surface area contributed by atoms with Crippen molar-refractivity contribution < 1.29 is 9.53 Å². The highest BCUT2D eigenvalue weighted by atomic mass is 79.9. The molecule has 0 spiro atoms. The second-order valence-corrected chi connectivity index (χ2v) is 5.36. The monoisotopic (exact) mass is 311 g/mol. The normalized spacial score (nSPS) is 24.1. The number of ether oxygens (including phenoxy) is 1. The smallest absolute Gasteiger partial charge is 0.254 e. The summed E-state index contributed by atoms with van der Waals surface area (Å²) in [4.78, 5) is 14.2. The maximum absolute atomic E-state index is 12.3. The Hall–Kier alpha value is -0.870. The van der Waals surface area contributed by atoms with E-state index in [0.29, 0.717) is 13.1 Å². The molecule has 4 heteroatoms. The molecule has 0 N–H and O–H groups in total. The molecule has 0 radical (unpaired) electrons. The van der Waals surface area contributed by atoms with Crippen LogP contribution in [-0.4, -0.2) is 36.1 Å². The van der Waals surface area contributed by atoms with Crippen molar-refractivity contribution in [3.8, 4) is 0 Å². The molecule has 0 unspecified atom stereocenters. The van der Waals surface area contributed by atoms with Gasteiger partial charge in [0.15, 0.2) is 0 Å². The van der Waals surface area contributed by atoms with E-state index in [9.17, 15) is 4.79 Å². The predicted octanol–water partition coefficient (Wildman–Crippen LogP) is 2.83. The standard InChI is InChI=1S/C14H18BrNO2/c1-10-8-16(9-11(2)18-10)14(17)13-5-3-12(7-15)4-6-13/h3-6,10-11H,7-9H2,1-2H3/t10-,11+. The average Bonchev–Trinajstić information content (AvgIpc) is 2.37. The molecule has 1 fully saturated rings. The van der Waals surface area contributed by atoms with E-state index < -0.39 is 0 Å². The van der Waals surface area contributed by atoms with Crippen molar-refractivity contribution in [3.63, 3.8) is 0 Å². The lowest BCUT2D eigenvalue weighted by Crippen LogP contribution is -2.48. The highest BCUT2D eigenvalue weighted by molar-refractivity contribution is 9.08. The first-order valence-corrected chi connectivity index (χ1v) is 7.32. The van der Waals surface area contributed by atoms with Gasteiger partial charge in [0.05, 0.1) is 12.2 Å². The number of hydrogen-bond donors (Lipinski definition) is 0. The number of amides is 1. The van der Waals surface area contributed by atoms with Crippen LogP contribution in [0.1, 0.15) is 29.8 Å². The highest BCUT2D eigenvalue weighted by Gasteiger charge is 2.26. The van der Waals surface area contributed by atoms with Gasteiger partial charge in [-0.15, -0.1) is 0 Å². The van der Waals surface area contributed by atoms with E-state index in [2.05, 4.69) is 15.9 Å². The van der Waals surface area contributed by atoms with Crippen LogP contribution < -0.4 is 0 Å². The van der Waals surface area contributed by atoms with Crippen molar-refractivity contribution in [2.75, 3.05) is 13.1 Å². The molecular formula is C14H18BrNO2. The Morgan fingerprint density at radius 2 is 1.83 bits per heavy atom. The molecule has 1 aromatic carbocycles. The Bertz CT molecular complexity index is 408. The molecular weight excluding hydrogens is 294 g/mol. The van der Waals surface area contributed by atoms with Gasteiger partial charge in [0, 0.05) is 24.0 Å². The van der Waals surface area contributed by atoms with Gasteiger partial charge in [-0.05, 0) is 31.5 Å². The Kier molecular flexibility index (Phi) is 4.40. The minimum Gasteiger partial charge on any atom is -0.372 e. The van der Waals surface area contributed by atoms with Gasteiger partial charge < -0.3 is 9.64 Å². The van der Waals surface area contributed by atoms with Crippen LogP contribution in [0.15, 0.2) is 24.3 Å². The third-order valence-electron chi connectivity index (χ3n) is 3.06. The molecule has 1 heterocycles. The second kappa shape index (κ2) is 5.85. The number of rotatable bonds is 2. The van der Waals surface area contributed by atoms with E-state index in [-0.39, 0.29) is 18.1 Å². The number of halogens is 1. The summed E-state index contributed by atoms with van der Waals surface area (Å²) in [6.45, 7) is 5.35. The van der Waals surface area contributed by atoms with Crippen LogP contribution in [-0.2, 0) is 10.1 Å². The fourth-order valence-electron chi connectivity index (χ4n) is 2.26. The van der Waals surface area contributed by atoms with E-state index in [4.69, 9.17) is 4.74 Å². The fourth-order valence-corrected chi connectivity index (χ4v) is 2.64. The Labute approximate surface area is 116 Å². The minimum absolute atomic E-state index is 0.0955. The molecule has 0 aliphatic carbocycles. The summed E-state index contributed by atoms with van der Waals surface area (Å²) in [6.07, 6.45) is 0.221. The summed E-state index contributed by atoms with van der Waals surface area (Å²) in [6, 6.07) is 7.75. The lowest BCUT2D eigenvalue weighted by atomic mass is 10.1. The van der Waals surface area contributed by atoms with Crippen LogP contribution >= 0.6 is 15.9 Å². The summed E-state index contributed by atoms with van der Waals surface area (Å²) < 4.78 is 5.64. The van der Waals surface area contributed by atoms with Gasteiger partial charge in [-0.1, -0.05) is 28.1 Å². The summed E-state index contributed by atoms with van der Waals surface area (Å²) in [5, 5.41) is 0.813. The number of morpholine rings is 1. The molecule has 1 saturated heterocycles. The Morgan fingerprint density at radius 1 is 1.28 bits per heavy atom. The van der Waals surface area contributed by atoms with E-state index in [1.54, 1.807) is 0 Å². The summed E-state index contributed by atoms with van der Waals surface area (Å²) in [5.41, 5.74) is 1.93. The van der Waals surface area contributed by atoms with Gasteiger partial charge in [-0.2, -0.15) is 0 Å². The first kappa shape index (κ1) is 13.6. The van der Waals surface area contributed by atoms with Crippen molar-refractivity contribution in [2.24, 2.45) is 0 Å². The third-order valence-corrected chi connectivity index (χ3v) is 3.71. The molecule has 0 aromatic heterocycles. The van der Waals surface area contributed by atoms with Crippen LogP contribution in [0.3, 0.4) is 0 Å². The molecule has 1 amide bonds. The predicted molar refractivity (Wildman–Crippen MR) is 75.0 cm³/mol. The van der Waals surface area contributed by atoms with Crippen LogP contribution in [0.4, 0.5) is 0 Å². The van der Waals surface area contributed by atoms with Crippen LogP contribution in [0.25, 0.3) is 0 Å². The molecule has 2 atom stereocenters. The molecule has 1 aromatic rings. The van der Waals surface area contributed by atoms with Crippen LogP contribution in [0.5, 0.6) is 0 Å². The lowest BCUT2D eigenvalue weighted by Gasteiger charge is -2.35. The fraction of sp³-hybridized carbons (Fsp3) is 0.500. The van der Waals surface area contributed by atoms with Crippen molar-refractivity contribution >= 4 is 21.8 Å². The average molecular weight is 312 g/mol. The molecule has 2 rings (SSSR count). The topological polar surface area (TPSA) is 29.5 Å². The van der Waals surface area contributed by atoms with E-state index in [0.717, 1.165) is 10.9 Å². The molecule has 0 saturated carbocycles. The van der Waals surface area contributed by atoms with Gasteiger partial charge in [-0.3, -0.25) is 4.79 Å². The largest absolute Gasteiger partial charge is 0.372 e. The van der Waals surface area contributed by atoms with Gasteiger partial charge in [0.25, 0.3) is 5.91 Å². The Balaban J connectivity index is 2.09. The lowest BCUT2D eigenvalue weighted by molar-refractivity contribution is -0.0586. The van der Waals surface area contributed by atoms with E-state index in [1.165, 1.54) is 5.56 Å². The maximum Gasteiger partial charge on any atom is 0.254 e. The van der Waals surface area contributed by atoms with Crippen molar-refractivity contribution in [3.05, 3.63) is 35.4 Å². The maximum atomic E-state index is 12.3. The first-order chi connectivity index (χ1) is 8.60. The molecule has 18 heavy (non-hydrogen) atoms. The number of nitrogens with zero attached hydrogens (tertiary/aromatic N) is 1. The molecule has 1 aliphatic rings.